The van der Waals surface area contributed by atoms with Crippen molar-refractivity contribution in [1.82, 2.24) is 4.57 Å². The quantitative estimate of drug-likeness (QED) is 0.319. The Hall–Kier alpha value is -3.96. The maximum Gasteiger partial charge on any atom is 0.326 e. The lowest BCUT2D eigenvalue weighted by Crippen LogP contribution is -2.23. The molecule has 0 bridgehead atoms. The minimum absolute atomic E-state index is 0.105. The number of aromatic nitrogens is 1. The molecular formula is C26H25N3O6S2. The van der Waals surface area contributed by atoms with Crippen LogP contribution in [0.1, 0.15) is 24.2 Å². The van der Waals surface area contributed by atoms with Gasteiger partial charge in [0.1, 0.15) is 12.3 Å². The number of nitrogens with one attached hydrogen (secondary N) is 1. The number of rotatable bonds is 9. The van der Waals surface area contributed by atoms with E-state index >= 15 is 0 Å². The van der Waals surface area contributed by atoms with E-state index in [4.69, 9.17) is 9.47 Å². The minimum atomic E-state index is -3.82. The largest absolute Gasteiger partial charge is 0.494 e. The summed E-state index contributed by atoms with van der Waals surface area (Å²) in [5.74, 6) is -0.381. The van der Waals surface area contributed by atoms with Crippen molar-refractivity contribution < 1.29 is 27.5 Å². The van der Waals surface area contributed by atoms with Crippen molar-refractivity contribution in [2.45, 2.75) is 25.3 Å². The number of esters is 1. The summed E-state index contributed by atoms with van der Waals surface area (Å²) in [5, 5.41) is 0. The van der Waals surface area contributed by atoms with E-state index in [0.29, 0.717) is 22.7 Å². The lowest BCUT2D eigenvalue weighted by molar-refractivity contribution is -0.143. The van der Waals surface area contributed by atoms with Gasteiger partial charge in [0.15, 0.2) is 4.80 Å². The molecule has 0 aliphatic heterocycles. The summed E-state index contributed by atoms with van der Waals surface area (Å²) in [4.78, 5) is 30.1. The average Bonchev–Trinajstić information content (AvgIpc) is 3.20. The zero-order valence-corrected chi connectivity index (χ0v) is 21.8. The lowest BCUT2D eigenvalue weighted by Gasteiger charge is -2.08. The molecule has 1 aromatic heterocycles. The van der Waals surface area contributed by atoms with E-state index in [1.165, 1.54) is 29.5 Å². The Morgan fingerprint density at radius 1 is 0.973 bits per heavy atom. The summed E-state index contributed by atoms with van der Waals surface area (Å²) in [6.07, 6.45) is 0. The molecule has 0 fully saturated rings. The van der Waals surface area contributed by atoms with Crippen LogP contribution in [0.4, 0.5) is 5.69 Å². The van der Waals surface area contributed by atoms with Crippen molar-refractivity contribution in [3.8, 4) is 5.75 Å². The highest BCUT2D eigenvalue weighted by molar-refractivity contribution is 7.92. The SMILES string of the molecule is CCOC(=O)Cn1c(=NC(=O)c2cccc(NS(=O)(=O)c3ccccc3)c2)sc2cc(OCC)ccc21. The van der Waals surface area contributed by atoms with Crippen LogP contribution in [-0.4, -0.2) is 38.1 Å². The van der Waals surface area contributed by atoms with Gasteiger partial charge in [-0.15, -0.1) is 0 Å². The molecule has 9 nitrogen and oxygen atoms in total. The summed E-state index contributed by atoms with van der Waals surface area (Å²) in [6.45, 7) is 4.21. The first-order chi connectivity index (χ1) is 17.8. The second-order valence-electron chi connectivity index (χ2n) is 7.75. The van der Waals surface area contributed by atoms with Gasteiger partial charge in [0.2, 0.25) is 0 Å². The van der Waals surface area contributed by atoms with Crippen LogP contribution < -0.4 is 14.3 Å². The van der Waals surface area contributed by atoms with Gasteiger partial charge in [0, 0.05) is 11.3 Å². The summed E-state index contributed by atoms with van der Waals surface area (Å²) >= 11 is 1.23. The van der Waals surface area contributed by atoms with Crippen molar-refractivity contribution in [1.29, 1.82) is 0 Å². The average molecular weight is 540 g/mol. The normalized spacial score (nSPS) is 11.9. The Balaban J connectivity index is 1.69. The van der Waals surface area contributed by atoms with Crippen LogP contribution in [0.15, 0.2) is 82.7 Å². The van der Waals surface area contributed by atoms with Crippen LogP contribution in [-0.2, 0) is 26.1 Å². The van der Waals surface area contributed by atoms with Gasteiger partial charge in [0.25, 0.3) is 15.9 Å². The third-order valence-corrected chi connectivity index (χ3v) is 7.61. The number of benzene rings is 3. The van der Waals surface area contributed by atoms with Gasteiger partial charge in [-0.25, -0.2) is 8.42 Å². The van der Waals surface area contributed by atoms with Crippen LogP contribution in [0.3, 0.4) is 0 Å². The molecule has 1 heterocycles. The molecule has 192 valence electrons. The molecule has 0 aliphatic rings. The lowest BCUT2D eigenvalue weighted by atomic mass is 10.2. The highest BCUT2D eigenvalue weighted by atomic mass is 32.2. The van der Waals surface area contributed by atoms with Gasteiger partial charge in [0.05, 0.1) is 28.3 Å². The molecule has 0 atom stereocenters. The summed E-state index contributed by atoms with van der Waals surface area (Å²) < 4.78 is 40.9. The molecular weight excluding hydrogens is 514 g/mol. The van der Waals surface area contributed by atoms with Crippen molar-refractivity contribution in [2.24, 2.45) is 4.99 Å². The second kappa shape index (κ2) is 11.4. The van der Waals surface area contributed by atoms with Crippen LogP contribution in [0, 0.1) is 0 Å². The maximum absolute atomic E-state index is 13.1. The van der Waals surface area contributed by atoms with E-state index in [2.05, 4.69) is 9.71 Å². The zero-order chi connectivity index (χ0) is 26.4. The van der Waals surface area contributed by atoms with E-state index in [1.54, 1.807) is 60.0 Å². The van der Waals surface area contributed by atoms with Crippen LogP contribution in [0.2, 0.25) is 0 Å². The molecule has 0 aliphatic carbocycles. The molecule has 0 unspecified atom stereocenters. The summed E-state index contributed by atoms with van der Waals surface area (Å²) in [7, 11) is -3.82. The molecule has 37 heavy (non-hydrogen) atoms. The smallest absolute Gasteiger partial charge is 0.326 e. The monoisotopic (exact) mass is 539 g/mol. The first-order valence-electron chi connectivity index (χ1n) is 11.5. The number of carbonyl (C=O) groups excluding carboxylic acids is 2. The van der Waals surface area contributed by atoms with Crippen molar-refractivity contribution in [3.05, 3.63) is 83.2 Å². The standard InChI is InChI=1S/C26H25N3O6S2/c1-3-34-20-13-14-22-23(16-20)36-26(29(22)17-24(30)35-4-2)27-25(31)18-9-8-10-19(15-18)28-37(32,33)21-11-6-5-7-12-21/h5-16,28H,3-4,17H2,1-2H3. The first-order valence-corrected chi connectivity index (χ1v) is 13.8. The molecule has 11 heteroatoms. The summed E-state index contributed by atoms with van der Waals surface area (Å²) in [5.41, 5.74) is 1.11. The van der Waals surface area contributed by atoms with Gasteiger partial charge >= 0.3 is 5.97 Å². The Morgan fingerprint density at radius 3 is 2.49 bits per heavy atom. The number of anilines is 1. The van der Waals surface area contributed by atoms with Crippen molar-refractivity contribution in [2.75, 3.05) is 17.9 Å². The maximum atomic E-state index is 13.1. The molecule has 0 saturated carbocycles. The van der Waals surface area contributed by atoms with E-state index < -0.39 is 21.9 Å². The van der Waals surface area contributed by atoms with Gasteiger partial charge in [-0.05, 0) is 62.4 Å². The fourth-order valence-corrected chi connectivity index (χ4v) is 5.69. The fraction of sp³-hybridized carbons (Fsp3) is 0.192. The van der Waals surface area contributed by atoms with E-state index in [1.807, 2.05) is 13.0 Å². The molecule has 3 aromatic carbocycles. The van der Waals surface area contributed by atoms with Crippen LogP contribution >= 0.6 is 11.3 Å². The van der Waals surface area contributed by atoms with Crippen molar-refractivity contribution in [3.63, 3.8) is 0 Å². The van der Waals surface area contributed by atoms with E-state index in [-0.39, 0.29) is 29.3 Å². The van der Waals surface area contributed by atoms with Crippen molar-refractivity contribution >= 4 is 49.1 Å². The number of sulfonamides is 1. The Kier molecular flexibility index (Phi) is 8.04. The predicted octanol–water partition coefficient (Wildman–Crippen LogP) is 4.21. The third kappa shape index (κ3) is 6.25. The first kappa shape index (κ1) is 26.1. The summed E-state index contributed by atoms with van der Waals surface area (Å²) in [6, 6.07) is 19.4. The zero-order valence-electron chi connectivity index (χ0n) is 20.2. The third-order valence-electron chi connectivity index (χ3n) is 5.17. The Labute approximate surface area is 218 Å². The molecule has 4 aromatic rings. The number of hydrogen-bond acceptors (Lipinski definition) is 7. The fourth-order valence-electron chi connectivity index (χ4n) is 3.56. The van der Waals surface area contributed by atoms with E-state index in [9.17, 15) is 18.0 Å². The number of hydrogen-bond donors (Lipinski definition) is 1. The van der Waals surface area contributed by atoms with Crippen LogP contribution in [0.25, 0.3) is 10.2 Å². The Morgan fingerprint density at radius 2 is 1.76 bits per heavy atom. The predicted molar refractivity (Wildman–Crippen MR) is 141 cm³/mol. The number of thiazole rings is 1. The number of fused-ring (bicyclic) bond motifs is 1. The molecule has 0 spiro atoms. The highest BCUT2D eigenvalue weighted by Crippen LogP contribution is 2.24. The molecule has 1 amide bonds. The van der Waals surface area contributed by atoms with Gasteiger partial charge in [-0.2, -0.15) is 4.99 Å². The molecule has 0 radical (unpaired) electrons. The Bertz CT molecular complexity index is 1610. The minimum Gasteiger partial charge on any atom is -0.494 e. The van der Waals surface area contributed by atoms with Gasteiger partial charge < -0.3 is 14.0 Å². The topological polar surface area (TPSA) is 116 Å². The molecule has 4 rings (SSSR count). The van der Waals surface area contributed by atoms with Crippen LogP contribution in [0.5, 0.6) is 5.75 Å². The number of amides is 1. The van der Waals surface area contributed by atoms with Gasteiger partial charge in [-0.3, -0.25) is 14.3 Å². The molecule has 1 N–H and O–H groups in total. The van der Waals surface area contributed by atoms with E-state index in [0.717, 1.165) is 4.70 Å². The molecule has 0 saturated heterocycles. The number of carbonyl (C=O) groups is 2. The highest BCUT2D eigenvalue weighted by Gasteiger charge is 2.16. The second-order valence-corrected chi connectivity index (χ2v) is 10.4. The van der Waals surface area contributed by atoms with Gasteiger partial charge in [-0.1, -0.05) is 35.6 Å². The number of nitrogens with zero attached hydrogens (tertiary/aromatic N) is 2. The number of ether oxygens (including phenoxy) is 2.